The van der Waals surface area contributed by atoms with E-state index in [1.807, 2.05) is 36.4 Å². The zero-order chi connectivity index (χ0) is 21.8. The van der Waals surface area contributed by atoms with Gasteiger partial charge in [-0.2, -0.15) is 0 Å². The van der Waals surface area contributed by atoms with E-state index in [1.165, 1.54) is 9.80 Å². The van der Waals surface area contributed by atoms with Crippen LogP contribution in [0.5, 0.6) is 11.5 Å². The van der Waals surface area contributed by atoms with Gasteiger partial charge in [0.1, 0.15) is 11.5 Å². The minimum atomic E-state index is -0.249. The predicted octanol–water partition coefficient (Wildman–Crippen LogP) is 0.779. The maximum atomic E-state index is 13.0. The van der Waals surface area contributed by atoms with Gasteiger partial charge in [0.15, 0.2) is 6.04 Å². The van der Waals surface area contributed by atoms with Crippen LogP contribution >= 0.6 is 0 Å². The van der Waals surface area contributed by atoms with Gasteiger partial charge in [0.2, 0.25) is 5.91 Å². The van der Waals surface area contributed by atoms with Gasteiger partial charge >= 0.3 is 0 Å². The lowest BCUT2D eigenvalue weighted by atomic mass is 10.1. The third kappa shape index (κ3) is 4.66. The van der Waals surface area contributed by atoms with Crippen molar-refractivity contribution in [1.82, 2.24) is 4.90 Å². The molecule has 2 heterocycles. The molecule has 0 aliphatic carbocycles. The zero-order valence-electron chi connectivity index (χ0n) is 18.2. The van der Waals surface area contributed by atoms with Gasteiger partial charge in [0, 0.05) is 12.2 Å². The molecule has 7 heteroatoms. The number of benzene rings is 2. The highest BCUT2D eigenvalue weighted by molar-refractivity contribution is 6.04. The molecule has 0 spiro atoms. The second kappa shape index (κ2) is 9.39. The van der Waals surface area contributed by atoms with E-state index in [2.05, 4.69) is 17.0 Å². The van der Waals surface area contributed by atoms with Gasteiger partial charge in [-0.25, -0.2) is 0 Å². The standard InChI is InChI=1S/C24H29N3O4/c1-30-20-7-3-18(4-8-20)11-12-27-23(28)17-22(24(27)29)26-15-13-25(14-16-26)19-5-9-21(31-2)10-6-19/h3-10,22H,11-17H2,1-2H3/p+1/t22-/m0/s1. The first kappa shape index (κ1) is 21.2. The summed E-state index contributed by atoms with van der Waals surface area (Å²) in [5.74, 6) is 1.58. The van der Waals surface area contributed by atoms with Crippen molar-refractivity contribution in [1.29, 1.82) is 0 Å². The summed E-state index contributed by atoms with van der Waals surface area (Å²) < 4.78 is 10.4. The van der Waals surface area contributed by atoms with Crippen LogP contribution in [0.2, 0.25) is 0 Å². The highest BCUT2D eigenvalue weighted by Crippen LogP contribution is 2.20. The van der Waals surface area contributed by atoms with Gasteiger partial charge in [-0.15, -0.1) is 0 Å². The maximum Gasteiger partial charge on any atom is 0.288 e. The molecule has 0 aromatic heterocycles. The molecule has 1 atom stereocenters. The number of hydrogen-bond acceptors (Lipinski definition) is 5. The molecule has 31 heavy (non-hydrogen) atoms. The molecule has 2 aromatic rings. The molecule has 2 fully saturated rings. The highest BCUT2D eigenvalue weighted by atomic mass is 16.5. The Labute approximate surface area is 183 Å². The summed E-state index contributed by atoms with van der Waals surface area (Å²) in [4.78, 5) is 30.5. The lowest BCUT2D eigenvalue weighted by Crippen LogP contribution is -3.19. The monoisotopic (exact) mass is 424 g/mol. The molecule has 7 nitrogen and oxygen atoms in total. The SMILES string of the molecule is COc1ccc(CCN2C(=O)C[C@H]([NH+]3CCN(c4ccc(OC)cc4)CC3)C2=O)cc1. The van der Waals surface area contributed by atoms with E-state index in [0.717, 1.165) is 48.9 Å². The summed E-state index contributed by atoms with van der Waals surface area (Å²) >= 11 is 0. The molecule has 4 rings (SSSR count). The second-order valence-electron chi connectivity index (χ2n) is 8.08. The molecule has 164 valence electrons. The first-order valence-corrected chi connectivity index (χ1v) is 10.8. The van der Waals surface area contributed by atoms with Crippen molar-refractivity contribution in [3.8, 4) is 11.5 Å². The van der Waals surface area contributed by atoms with Crippen molar-refractivity contribution >= 4 is 17.5 Å². The average molecular weight is 425 g/mol. The smallest absolute Gasteiger partial charge is 0.288 e. The number of nitrogens with one attached hydrogen (secondary N) is 1. The molecule has 0 saturated carbocycles. The summed E-state index contributed by atoms with van der Waals surface area (Å²) in [7, 11) is 3.30. The lowest BCUT2D eigenvalue weighted by Gasteiger charge is -2.35. The summed E-state index contributed by atoms with van der Waals surface area (Å²) in [5.41, 5.74) is 2.25. The summed E-state index contributed by atoms with van der Waals surface area (Å²) in [5, 5.41) is 0. The molecule has 2 aliphatic rings. The van der Waals surface area contributed by atoms with E-state index >= 15 is 0 Å². The third-order valence-electron chi connectivity index (χ3n) is 6.36. The Kier molecular flexibility index (Phi) is 6.42. The van der Waals surface area contributed by atoms with E-state index in [4.69, 9.17) is 9.47 Å². The zero-order valence-corrected chi connectivity index (χ0v) is 18.2. The number of carbonyl (C=O) groups is 2. The molecule has 0 unspecified atom stereocenters. The summed E-state index contributed by atoms with van der Waals surface area (Å²) in [6, 6.07) is 15.6. The molecule has 2 aliphatic heterocycles. The molecular formula is C24H30N3O4+. The van der Waals surface area contributed by atoms with Gasteiger partial charge in [0.05, 0.1) is 46.8 Å². The Morgan fingerprint density at radius 3 is 2.06 bits per heavy atom. The molecule has 0 bridgehead atoms. The van der Waals surface area contributed by atoms with Crippen molar-refractivity contribution in [3.63, 3.8) is 0 Å². The summed E-state index contributed by atoms with van der Waals surface area (Å²) in [6.45, 7) is 3.87. The number of nitrogens with zero attached hydrogens (tertiary/aromatic N) is 2. The number of carbonyl (C=O) groups excluding carboxylic acids is 2. The van der Waals surface area contributed by atoms with E-state index in [9.17, 15) is 9.59 Å². The van der Waals surface area contributed by atoms with Crippen molar-refractivity contribution in [3.05, 3.63) is 54.1 Å². The quantitative estimate of drug-likeness (QED) is 0.666. The second-order valence-corrected chi connectivity index (χ2v) is 8.08. The fourth-order valence-electron chi connectivity index (χ4n) is 4.46. The average Bonchev–Trinajstić information content (AvgIpc) is 3.11. The number of quaternary nitrogens is 1. The van der Waals surface area contributed by atoms with E-state index < -0.39 is 0 Å². The Morgan fingerprint density at radius 2 is 1.48 bits per heavy atom. The fourth-order valence-corrected chi connectivity index (χ4v) is 4.46. The fraction of sp³-hybridized carbons (Fsp3) is 0.417. The molecule has 0 radical (unpaired) electrons. The van der Waals surface area contributed by atoms with Crippen LogP contribution < -0.4 is 19.3 Å². The van der Waals surface area contributed by atoms with Crippen LogP contribution in [0.1, 0.15) is 12.0 Å². The van der Waals surface area contributed by atoms with Crippen molar-refractivity contribution in [2.24, 2.45) is 0 Å². The van der Waals surface area contributed by atoms with E-state index in [1.54, 1.807) is 14.2 Å². The molecule has 2 amide bonds. The van der Waals surface area contributed by atoms with Crippen LogP contribution in [0.3, 0.4) is 0 Å². The van der Waals surface area contributed by atoms with Crippen molar-refractivity contribution < 1.29 is 24.0 Å². The molecule has 2 aromatic carbocycles. The number of methoxy groups -OCH3 is 2. The van der Waals surface area contributed by atoms with Gasteiger partial charge in [0.25, 0.3) is 5.91 Å². The first-order chi connectivity index (χ1) is 15.1. The van der Waals surface area contributed by atoms with Crippen LogP contribution in [-0.4, -0.2) is 69.7 Å². The maximum absolute atomic E-state index is 13.0. The van der Waals surface area contributed by atoms with E-state index in [-0.39, 0.29) is 17.9 Å². The van der Waals surface area contributed by atoms with Crippen LogP contribution in [0.15, 0.2) is 48.5 Å². The molecule has 2 saturated heterocycles. The first-order valence-electron chi connectivity index (χ1n) is 10.8. The minimum Gasteiger partial charge on any atom is -0.497 e. The number of amides is 2. The minimum absolute atomic E-state index is 0.0218. The molecule has 1 N–H and O–H groups in total. The van der Waals surface area contributed by atoms with Crippen molar-refractivity contribution in [2.45, 2.75) is 18.9 Å². The Morgan fingerprint density at radius 1 is 0.903 bits per heavy atom. The number of hydrogen-bond donors (Lipinski definition) is 1. The van der Waals surface area contributed by atoms with Crippen LogP contribution in [0.4, 0.5) is 5.69 Å². The van der Waals surface area contributed by atoms with Gasteiger partial charge in [-0.05, 0) is 48.4 Å². The topological polar surface area (TPSA) is 63.5 Å². The molecular weight excluding hydrogens is 394 g/mol. The van der Waals surface area contributed by atoms with E-state index in [0.29, 0.717) is 19.4 Å². The Balaban J connectivity index is 1.31. The largest absolute Gasteiger partial charge is 0.497 e. The number of piperazine rings is 1. The van der Waals surface area contributed by atoms with Gasteiger partial charge in [-0.1, -0.05) is 12.1 Å². The Hall–Kier alpha value is -3.06. The van der Waals surface area contributed by atoms with Crippen LogP contribution in [0, 0.1) is 0 Å². The van der Waals surface area contributed by atoms with Crippen LogP contribution in [-0.2, 0) is 16.0 Å². The van der Waals surface area contributed by atoms with Gasteiger partial charge in [-0.3, -0.25) is 14.5 Å². The number of imide groups is 1. The van der Waals surface area contributed by atoms with Crippen LogP contribution in [0.25, 0.3) is 0 Å². The number of ether oxygens (including phenoxy) is 2. The van der Waals surface area contributed by atoms with Gasteiger partial charge < -0.3 is 19.3 Å². The highest BCUT2D eigenvalue weighted by Gasteiger charge is 2.45. The number of anilines is 1. The third-order valence-corrected chi connectivity index (χ3v) is 6.36. The predicted molar refractivity (Wildman–Crippen MR) is 118 cm³/mol. The number of likely N-dealkylation sites (tertiary alicyclic amines) is 1. The van der Waals surface area contributed by atoms with Crippen molar-refractivity contribution in [2.75, 3.05) is 51.8 Å². The normalized spacial score (nSPS) is 19.7. The summed E-state index contributed by atoms with van der Waals surface area (Å²) in [6.07, 6.45) is 0.980. The lowest BCUT2D eigenvalue weighted by molar-refractivity contribution is -0.915. The Bertz CT molecular complexity index is 905. The number of rotatable bonds is 7.